The lowest BCUT2D eigenvalue weighted by Gasteiger charge is -2.45. The number of rotatable bonds is 1. The van der Waals surface area contributed by atoms with Crippen molar-refractivity contribution >= 4 is 17.3 Å². The van der Waals surface area contributed by atoms with E-state index in [9.17, 15) is 0 Å². The first kappa shape index (κ1) is 14.7. The lowest BCUT2D eigenvalue weighted by molar-refractivity contribution is 0.239. The summed E-state index contributed by atoms with van der Waals surface area (Å²) >= 11 is 6.17. The van der Waals surface area contributed by atoms with Crippen LogP contribution in [0.15, 0.2) is 18.2 Å². The van der Waals surface area contributed by atoms with Crippen LogP contribution in [-0.4, -0.2) is 25.2 Å². The van der Waals surface area contributed by atoms with E-state index >= 15 is 0 Å². The summed E-state index contributed by atoms with van der Waals surface area (Å²) in [5.74, 6) is 0. The van der Waals surface area contributed by atoms with Crippen LogP contribution in [0.3, 0.4) is 0 Å². The predicted molar refractivity (Wildman–Crippen MR) is 84.2 cm³/mol. The van der Waals surface area contributed by atoms with Crippen molar-refractivity contribution in [3.8, 4) is 0 Å². The fourth-order valence-corrected chi connectivity index (χ4v) is 2.84. The summed E-state index contributed by atoms with van der Waals surface area (Å²) in [6.07, 6.45) is 0. The molecule has 0 aliphatic carbocycles. The first-order valence-corrected chi connectivity index (χ1v) is 7.43. The van der Waals surface area contributed by atoms with Gasteiger partial charge in [0.1, 0.15) is 0 Å². The zero-order chi connectivity index (χ0) is 14.2. The summed E-state index contributed by atoms with van der Waals surface area (Å²) in [4.78, 5) is 2.49. The fraction of sp³-hybridized carbons (Fsp3) is 0.625. The Morgan fingerprint density at radius 3 is 2.63 bits per heavy atom. The monoisotopic (exact) mass is 280 g/mol. The van der Waals surface area contributed by atoms with Gasteiger partial charge in [0.25, 0.3) is 0 Å². The van der Waals surface area contributed by atoms with Crippen LogP contribution in [0.25, 0.3) is 0 Å². The van der Waals surface area contributed by atoms with E-state index < -0.39 is 0 Å². The molecule has 1 fully saturated rings. The molecule has 0 amide bonds. The first-order chi connectivity index (χ1) is 8.79. The van der Waals surface area contributed by atoms with Gasteiger partial charge in [0.2, 0.25) is 0 Å². The predicted octanol–water partition coefficient (Wildman–Crippen LogP) is 3.86. The molecule has 106 valence electrons. The number of benzene rings is 1. The lowest BCUT2D eigenvalue weighted by Crippen LogP contribution is -2.59. The average Bonchev–Trinajstić information content (AvgIpc) is 2.32. The topological polar surface area (TPSA) is 15.3 Å². The molecule has 19 heavy (non-hydrogen) atoms. The van der Waals surface area contributed by atoms with Gasteiger partial charge in [-0.25, -0.2) is 0 Å². The van der Waals surface area contributed by atoms with Crippen molar-refractivity contribution in [2.24, 2.45) is 5.41 Å². The summed E-state index contributed by atoms with van der Waals surface area (Å²) in [5.41, 5.74) is 2.84. The van der Waals surface area contributed by atoms with E-state index in [-0.39, 0.29) is 5.41 Å². The highest BCUT2D eigenvalue weighted by Crippen LogP contribution is 2.30. The highest BCUT2D eigenvalue weighted by atomic mass is 35.5. The normalized spacial score (nSPS) is 24.6. The second-order valence-corrected chi connectivity index (χ2v) is 7.20. The quantitative estimate of drug-likeness (QED) is 0.840. The molecule has 0 radical (unpaired) electrons. The molecule has 1 heterocycles. The zero-order valence-electron chi connectivity index (χ0n) is 12.6. The second-order valence-electron chi connectivity index (χ2n) is 6.76. The molecule has 1 N–H and O–H groups in total. The average molecular weight is 281 g/mol. The highest BCUT2D eigenvalue weighted by Gasteiger charge is 2.32. The number of hydrogen-bond donors (Lipinski definition) is 1. The Morgan fingerprint density at radius 1 is 1.32 bits per heavy atom. The maximum Gasteiger partial charge on any atom is 0.0426 e. The minimum absolute atomic E-state index is 0.269. The van der Waals surface area contributed by atoms with Crippen molar-refractivity contribution in [3.05, 3.63) is 28.8 Å². The molecule has 1 aliphatic heterocycles. The van der Waals surface area contributed by atoms with Crippen molar-refractivity contribution in [2.75, 3.05) is 18.0 Å². The molecule has 2 rings (SSSR count). The van der Waals surface area contributed by atoms with Crippen molar-refractivity contribution in [2.45, 2.75) is 46.7 Å². The minimum Gasteiger partial charge on any atom is -0.366 e. The number of anilines is 1. The number of aryl methyl sites for hydroxylation is 1. The Kier molecular flexibility index (Phi) is 4.12. The first-order valence-electron chi connectivity index (χ1n) is 7.05. The van der Waals surface area contributed by atoms with E-state index in [1.165, 1.54) is 11.3 Å². The third kappa shape index (κ3) is 3.24. The Bertz CT molecular complexity index is 451. The molecular weight excluding hydrogens is 256 g/mol. The SMILES string of the molecule is Cc1ccc(Cl)cc1N1CC(C(C)(C)C)NCC1C. The molecule has 0 bridgehead atoms. The van der Waals surface area contributed by atoms with Crippen LogP contribution in [0.4, 0.5) is 5.69 Å². The number of nitrogens with zero attached hydrogens (tertiary/aromatic N) is 1. The van der Waals surface area contributed by atoms with E-state index in [1.807, 2.05) is 6.07 Å². The van der Waals surface area contributed by atoms with E-state index in [4.69, 9.17) is 11.6 Å². The third-order valence-electron chi connectivity index (χ3n) is 4.10. The Hall–Kier alpha value is -0.730. The lowest BCUT2D eigenvalue weighted by atomic mass is 9.84. The summed E-state index contributed by atoms with van der Waals surface area (Å²) in [7, 11) is 0. The molecule has 2 unspecified atom stereocenters. The van der Waals surface area contributed by atoms with Crippen LogP contribution < -0.4 is 10.2 Å². The van der Waals surface area contributed by atoms with Gasteiger partial charge in [-0.3, -0.25) is 0 Å². The van der Waals surface area contributed by atoms with E-state index in [2.05, 4.69) is 57.0 Å². The van der Waals surface area contributed by atoms with Gasteiger partial charge >= 0.3 is 0 Å². The number of nitrogens with one attached hydrogen (secondary N) is 1. The molecule has 2 atom stereocenters. The Morgan fingerprint density at radius 2 is 2.00 bits per heavy atom. The van der Waals surface area contributed by atoms with Crippen LogP contribution in [-0.2, 0) is 0 Å². The molecule has 1 aromatic carbocycles. The molecule has 1 aromatic rings. The standard InChI is InChI=1S/C16H25ClN2/c1-11-6-7-13(17)8-14(11)19-10-15(16(3,4)5)18-9-12(19)2/h6-8,12,15,18H,9-10H2,1-5H3. The van der Waals surface area contributed by atoms with Gasteiger partial charge in [0.05, 0.1) is 0 Å². The Labute approximate surface area is 122 Å². The van der Waals surface area contributed by atoms with Crippen LogP contribution >= 0.6 is 11.6 Å². The van der Waals surface area contributed by atoms with Crippen LogP contribution in [0.2, 0.25) is 5.02 Å². The molecule has 2 nitrogen and oxygen atoms in total. The summed E-state index contributed by atoms with van der Waals surface area (Å²) in [6.45, 7) is 13.4. The summed E-state index contributed by atoms with van der Waals surface area (Å²) in [6, 6.07) is 7.17. The molecule has 0 aromatic heterocycles. The number of piperazine rings is 1. The molecule has 1 aliphatic rings. The van der Waals surface area contributed by atoms with Crippen LogP contribution in [0.1, 0.15) is 33.3 Å². The van der Waals surface area contributed by atoms with Gasteiger partial charge in [-0.1, -0.05) is 38.4 Å². The van der Waals surface area contributed by atoms with Crippen molar-refractivity contribution in [3.63, 3.8) is 0 Å². The van der Waals surface area contributed by atoms with Crippen molar-refractivity contribution < 1.29 is 0 Å². The van der Waals surface area contributed by atoms with Gasteiger partial charge in [0, 0.05) is 35.9 Å². The highest BCUT2D eigenvalue weighted by molar-refractivity contribution is 6.30. The second kappa shape index (κ2) is 5.34. The molecule has 0 spiro atoms. The number of hydrogen-bond acceptors (Lipinski definition) is 2. The van der Waals surface area contributed by atoms with Gasteiger partial charge in [-0.2, -0.15) is 0 Å². The molecular formula is C16H25ClN2. The molecule has 0 saturated carbocycles. The maximum atomic E-state index is 6.17. The van der Waals surface area contributed by atoms with Crippen molar-refractivity contribution in [1.29, 1.82) is 0 Å². The van der Waals surface area contributed by atoms with Crippen molar-refractivity contribution in [1.82, 2.24) is 5.32 Å². The van der Waals surface area contributed by atoms with Gasteiger partial charge in [-0.05, 0) is 37.0 Å². The third-order valence-corrected chi connectivity index (χ3v) is 4.33. The Balaban J connectivity index is 2.28. The molecule has 3 heteroatoms. The smallest absolute Gasteiger partial charge is 0.0426 e. The van der Waals surface area contributed by atoms with Gasteiger partial charge < -0.3 is 10.2 Å². The molecule has 1 saturated heterocycles. The summed E-state index contributed by atoms with van der Waals surface area (Å²) < 4.78 is 0. The fourth-order valence-electron chi connectivity index (χ4n) is 2.67. The van der Waals surface area contributed by atoms with E-state index in [0.29, 0.717) is 12.1 Å². The summed E-state index contributed by atoms with van der Waals surface area (Å²) in [5, 5.41) is 4.49. The maximum absolute atomic E-state index is 6.17. The van der Waals surface area contributed by atoms with Gasteiger partial charge in [-0.15, -0.1) is 0 Å². The van der Waals surface area contributed by atoms with Crippen LogP contribution in [0, 0.1) is 12.3 Å². The largest absolute Gasteiger partial charge is 0.366 e. The van der Waals surface area contributed by atoms with E-state index in [1.54, 1.807) is 0 Å². The minimum atomic E-state index is 0.269. The number of halogens is 1. The van der Waals surface area contributed by atoms with Gasteiger partial charge in [0.15, 0.2) is 0 Å². The van der Waals surface area contributed by atoms with Crippen LogP contribution in [0.5, 0.6) is 0 Å². The zero-order valence-corrected chi connectivity index (χ0v) is 13.4. The van der Waals surface area contributed by atoms with E-state index in [0.717, 1.165) is 18.1 Å².